The highest BCUT2D eigenvalue weighted by atomic mass is 19.1. The fourth-order valence-electron chi connectivity index (χ4n) is 2.10. The maximum atomic E-state index is 14.4. The Morgan fingerprint density at radius 3 is 2.62 bits per heavy atom. The van der Waals surface area contributed by atoms with Crippen molar-refractivity contribution in [2.75, 3.05) is 0 Å². The minimum absolute atomic E-state index is 0.117. The van der Waals surface area contributed by atoms with Crippen LogP contribution in [0.15, 0.2) is 30.3 Å². The minimum atomic E-state index is -1.42. The van der Waals surface area contributed by atoms with Gasteiger partial charge in [-0.25, -0.2) is 4.39 Å². The molecule has 2 aliphatic carbocycles. The van der Waals surface area contributed by atoms with Crippen molar-refractivity contribution in [1.29, 1.82) is 0 Å². The van der Waals surface area contributed by atoms with E-state index in [1.807, 2.05) is 18.2 Å². The van der Waals surface area contributed by atoms with E-state index in [1.165, 1.54) is 0 Å². The normalized spacial score (nSPS) is 32.2. The fraction of sp³-hybridized carbons (Fsp3) is 0.462. The smallest absolute Gasteiger partial charge is 0.227 e. The van der Waals surface area contributed by atoms with Gasteiger partial charge in [0.25, 0.3) is 0 Å². The van der Waals surface area contributed by atoms with E-state index >= 15 is 0 Å². The molecule has 2 aliphatic rings. The van der Waals surface area contributed by atoms with Crippen molar-refractivity contribution in [3.8, 4) is 0 Å². The topological polar surface area (TPSA) is 29.1 Å². The van der Waals surface area contributed by atoms with E-state index in [0.717, 1.165) is 12.8 Å². The second-order valence-corrected chi connectivity index (χ2v) is 4.77. The van der Waals surface area contributed by atoms with E-state index in [9.17, 15) is 9.18 Å². The Balaban J connectivity index is 1.71. The van der Waals surface area contributed by atoms with Crippen LogP contribution in [0.25, 0.3) is 0 Å². The van der Waals surface area contributed by atoms with Gasteiger partial charge in [0, 0.05) is 12.5 Å². The van der Waals surface area contributed by atoms with Crippen molar-refractivity contribution in [2.24, 2.45) is 5.92 Å². The van der Waals surface area contributed by atoms with Gasteiger partial charge < -0.3 is 5.32 Å². The Kier molecular flexibility index (Phi) is 2.03. The number of rotatable bonds is 3. The molecule has 0 heterocycles. The molecule has 0 saturated heterocycles. The highest BCUT2D eigenvalue weighted by Gasteiger charge is 2.61. The predicted octanol–water partition coefficient (Wildman–Crippen LogP) is 2.15. The third kappa shape index (κ3) is 1.60. The second kappa shape index (κ2) is 3.30. The molecule has 16 heavy (non-hydrogen) atoms. The number of amides is 1. The summed E-state index contributed by atoms with van der Waals surface area (Å²) < 4.78 is 14.4. The number of hydrogen-bond acceptors (Lipinski definition) is 1. The van der Waals surface area contributed by atoms with Gasteiger partial charge >= 0.3 is 0 Å². The maximum Gasteiger partial charge on any atom is 0.227 e. The van der Waals surface area contributed by atoms with Crippen LogP contribution in [0.4, 0.5) is 4.39 Å². The Labute approximate surface area is 93.9 Å². The zero-order chi connectivity index (χ0) is 11.2. The molecule has 0 unspecified atom stereocenters. The molecule has 1 N–H and O–H groups in total. The van der Waals surface area contributed by atoms with Gasteiger partial charge in [0.2, 0.25) is 5.91 Å². The van der Waals surface area contributed by atoms with E-state index in [2.05, 4.69) is 5.32 Å². The van der Waals surface area contributed by atoms with Gasteiger partial charge in [-0.05, 0) is 18.4 Å². The van der Waals surface area contributed by atoms with Crippen molar-refractivity contribution in [1.82, 2.24) is 5.32 Å². The van der Waals surface area contributed by atoms with Crippen molar-refractivity contribution < 1.29 is 9.18 Å². The molecular formula is C13H14FNO. The molecule has 1 amide bonds. The Bertz CT molecular complexity index is 415. The summed E-state index contributed by atoms with van der Waals surface area (Å²) in [6.07, 6.45) is 2.42. The first kappa shape index (κ1) is 9.82. The molecule has 0 radical (unpaired) electrons. The lowest BCUT2D eigenvalue weighted by Crippen LogP contribution is -2.29. The van der Waals surface area contributed by atoms with Gasteiger partial charge in [0.15, 0.2) is 0 Å². The molecular weight excluding hydrogens is 205 g/mol. The average Bonchev–Trinajstić information content (AvgIpc) is 3.18. The van der Waals surface area contributed by atoms with Crippen LogP contribution in [0, 0.1) is 5.92 Å². The summed E-state index contributed by atoms with van der Waals surface area (Å²) in [5.74, 6) is -0.593. The highest BCUT2D eigenvalue weighted by Crippen LogP contribution is 2.55. The van der Waals surface area contributed by atoms with Crippen LogP contribution >= 0.6 is 0 Å². The van der Waals surface area contributed by atoms with Crippen LogP contribution in [0.3, 0.4) is 0 Å². The van der Waals surface area contributed by atoms with E-state index < -0.39 is 11.6 Å². The van der Waals surface area contributed by atoms with Gasteiger partial charge in [-0.15, -0.1) is 0 Å². The summed E-state index contributed by atoms with van der Waals surface area (Å²) >= 11 is 0. The summed E-state index contributed by atoms with van der Waals surface area (Å²) in [6.45, 7) is 0. The lowest BCUT2D eigenvalue weighted by atomic mass is 10.1. The Morgan fingerprint density at radius 1 is 1.31 bits per heavy atom. The van der Waals surface area contributed by atoms with Crippen LogP contribution < -0.4 is 5.32 Å². The molecule has 0 spiro atoms. The number of nitrogens with one attached hydrogen (secondary N) is 1. The predicted molar refractivity (Wildman–Crippen MR) is 58.5 cm³/mol. The number of alkyl halides is 1. The number of carbonyl (C=O) groups excluding carboxylic acids is 1. The summed E-state index contributed by atoms with van der Waals surface area (Å²) in [6, 6.07) is 9.30. The molecule has 3 heteroatoms. The molecule has 0 aromatic heterocycles. The molecule has 1 aromatic rings. The molecule has 2 saturated carbocycles. The SMILES string of the molecule is O=C(NC1CC1)[C@@H]1C[C@]1(F)c1ccccc1. The third-order valence-electron chi connectivity index (χ3n) is 3.39. The summed E-state index contributed by atoms with van der Waals surface area (Å²) in [7, 11) is 0. The average molecular weight is 219 g/mol. The maximum absolute atomic E-state index is 14.4. The number of carbonyl (C=O) groups is 1. The lowest BCUT2D eigenvalue weighted by molar-refractivity contribution is -0.123. The standard InChI is InChI=1S/C13H14FNO/c14-13(9-4-2-1-3-5-9)8-11(13)12(16)15-10-6-7-10/h1-5,10-11H,6-8H2,(H,15,16)/t11-,13-/m0/s1. The molecule has 84 valence electrons. The molecule has 2 nitrogen and oxygen atoms in total. The highest BCUT2D eigenvalue weighted by molar-refractivity contribution is 5.84. The van der Waals surface area contributed by atoms with Gasteiger partial charge in [-0.3, -0.25) is 4.79 Å². The van der Waals surface area contributed by atoms with E-state index in [-0.39, 0.29) is 5.91 Å². The zero-order valence-corrected chi connectivity index (χ0v) is 8.95. The molecule has 1 aromatic carbocycles. The van der Waals surface area contributed by atoms with Gasteiger partial charge in [-0.2, -0.15) is 0 Å². The number of hydrogen-bond donors (Lipinski definition) is 1. The third-order valence-corrected chi connectivity index (χ3v) is 3.39. The quantitative estimate of drug-likeness (QED) is 0.829. The number of halogens is 1. The minimum Gasteiger partial charge on any atom is -0.353 e. The zero-order valence-electron chi connectivity index (χ0n) is 8.95. The van der Waals surface area contributed by atoms with Crippen molar-refractivity contribution >= 4 is 5.91 Å². The summed E-state index contributed by atoms with van der Waals surface area (Å²) in [5.41, 5.74) is -0.786. The molecule has 0 aliphatic heterocycles. The van der Waals surface area contributed by atoms with Crippen LogP contribution in [0.5, 0.6) is 0 Å². The van der Waals surface area contributed by atoms with Crippen LogP contribution in [0.1, 0.15) is 24.8 Å². The van der Waals surface area contributed by atoms with Gasteiger partial charge in [0.05, 0.1) is 5.92 Å². The Hall–Kier alpha value is -1.38. The van der Waals surface area contributed by atoms with Crippen molar-refractivity contribution in [2.45, 2.75) is 31.0 Å². The summed E-state index contributed by atoms with van der Waals surface area (Å²) in [4.78, 5) is 11.7. The molecule has 2 atom stereocenters. The van der Waals surface area contributed by atoms with E-state index in [0.29, 0.717) is 18.0 Å². The van der Waals surface area contributed by atoms with Gasteiger partial charge in [-0.1, -0.05) is 30.3 Å². The van der Waals surface area contributed by atoms with E-state index in [4.69, 9.17) is 0 Å². The van der Waals surface area contributed by atoms with Crippen LogP contribution in [-0.2, 0) is 10.5 Å². The van der Waals surface area contributed by atoms with Crippen LogP contribution in [-0.4, -0.2) is 11.9 Å². The van der Waals surface area contributed by atoms with E-state index in [1.54, 1.807) is 12.1 Å². The molecule has 0 bridgehead atoms. The summed E-state index contributed by atoms with van der Waals surface area (Å²) in [5, 5.41) is 2.86. The fourth-order valence-corrected chi connectivity index (χ4v) is 2.10. The van der Waals surface area contributed by atoms with Crippen LogP contribution in [0.2, 0.25) is 0 Å². The van der Waals surface area contributed by atoms with Crippen molar-refractivity contribution in [3.63, 3.8) is 0 Å². The molecule has 2 fully saturated rings. The first-order valence-corrected chi connectivity index (χ1v) is 5.75. The first-order chi connectivity index (χ1) is 7.70. The lowest BCUT2D eigenvalue weighted by Gasteiger charge is -2.08. The number of benzene rings is 1. The Morgan fingerprint density at radius 2 is 2.00 bits per heavy atom. The second-order valence-electron chi connectivity index (χ2n) is 4.77. The molecule has 3 rings (SSSR count). The van der Waals surface area contributed by atoms with Crippen molar-refractivity contribution in [3.05, 3.63) is 35.9 Å². The van der Waals surface area contributed by atoms with Gasteiger partial charge in [0.1, 0.15) is 5.67 Å². The monoisotopic (exact) mass is 219 g/mol. The largest absolute Gasteiger partial charge is 0.353 e. The first-order valence-electron chi connectivity index (χ1n) is 5.75.